The molecule has 1 unspecified atom stereocenters. The van der Waals surface area contributed by atoms with Crippen molar-refractivity contribution < 1.29 is 19.2 Å². The SMILES string of the molecule is NC(=O)C(CCC=O)N1C(=O)c2ccc(NCC3CC(n4cc(-c5cccc(NC6CCC6)n5)c(C5CC5)n4)C3)cc2C1=O. The fraction of sp³-hybridized carbons (Fsp3) is 0.455. The average molecular weight is 596 g/mol. The Morgan fingerprint density at radius 1 is 1.05 bits per heavy atom. The number of hydrogen-bond donors (Lipinski definition) is 3. The molecule has 1 atom stereocenters. The minimum atomic E-state index is -1.15. The molecule has 2 aromatic heterocycles. The van der Waals surface area contributed by atoms with Gasteiger partial charge in [-0.25, -0.2) is 4.98 Å². The number of carbonyl (C=O) groups excluding carboxylic acids is 4. The highest BCUT2D eigenvalue weighted by atomic mass is 16.2. The van der Waals surface area contributed by atoms with E-state index < -0.39 is 23.8 Å². The first kappa shape index (κ1) is 28.2. The highest BCUT2D eigenvalue weighted by Gasteiger charge is 2.42. The summed E-state index contributed by atoms with van der Waals surface area (Å²) >= 11 is 0. The van der Waals surface area contributed by atoms with Crippen LogP contribution in [0.25, 0.3) is 11.3 Å². The van der Waals surface area contributed by atoms with E-state index >= 15 is 0 Å². The molecule has 4 aliphatic rings. The lowest BCUT2D eigenvalue weighted by atomic mass is 9.80. The van der Waals surface area contributed by atoms with Crippen LogP contribution >= 0.6 is 0 Å². The molecule has 3 heterocycles. The molecule has 3 fully saturated rings. The van der Waals surface area contributed by atoms with Gasteiger partial charge in [0.2, 0.25) is 5.91 Å². The second-order valence-electron chi connectivity index (χ2n) is 12.6. The number of hydrogen-bond acceptors (Lipinski definition) is 8. The quantitative estimate of drug-likeness (QED) is 0.196. The smallest absolute Gasteiger partial charge is 0.262 e. The highest BCUT2D eigenvalue weighted by molar-refractivity contribution is 6.23. The zero-order valence-electron chi connectivity index (χ0n) is 24.6. The molecule has 44 heavy (non-hydrogen) atoms. The summed E-state index contributed by atoms with van der Waals surface area (Å²) in [6, 6.07) is 11.0. The maximum atomic E-state index is 13.1. The van der Waals surface area contributed by atoms with Crippen molar-refractivity contribution in [2.75, 3.05) is 17.2 Å². The predicted octanol–water partition coefficient (Wildman–Crippen LogP) is 4.28. The molecule has 3 amide bonds. The number of rotatable bonds is 13. The van der Waals surface area contributed by atoms with E-state index in [0.717, 1.165) is 52.7 Å². The number of nitrogens with one attached hydrogen (secondary N) is 2. The summed E-state index contributed by atoms with van der Waals surface area (Å²) < 4.78 is 2.14. The number of benzene rings is 1. The van der Waals surface area contributed by atoms with E-state index in [0.29, 0.717) is 30.2 Å². The molecule has 7 rings (SSSR count). The average Bonchev–Trinajstić information content (AvgIpc) is 3.68. The molecule has 4 N–H and O–H groups in total. The first-order valence-electron chi connectivity index (χ1n) is 15.7. The first-order chi connectivity index (χ1) is 21.4. The van der Waals surface area contributed by atoms with Gasteiger partial charge < -0.3 is 21.2 Å². The number of fused-ring (bicyclic) bond motifs is 1. The Labute approximate surface area is 255 Å². The highest BCUT2D eigenvalue weighted by Crippen LogP contribution is 2.45. The van der Waals surface area contributed by atoms with Crippen molar-refractivity contribution in [3.8, 4) is 11.3 Å². The van der Waals surface area contributed by atoms with E-state index in [4.69, 9.17) is 15.8 Å². The number of imide groups is 1. The van der Waals surface area contributed by atoms with E-state index in [2.05, 4.69) is 33.6 Å². The van der Waals surface area contributed by atoms with Crippen molar-refractivity contribution in [1.82, 2.24) is 19.7 Å². The van der Waals surface area contributed by atoms with Crippen LogP contribution < -0.4 is 16.4 Å². The van der Waals surface area contributed by atoms with Crippen LogP contribution in [0.5, 0.6) is 0 Å². The topological polar surface area (TPSA) is 152 Å². The van der Waals surface area contributed by atoms with E-state index in [1.807, 2.05) is 6.07 Å². The van der Waals surface area contributed by atoms with Crippen LogP contribution in [0.1, 0.15) is 96.2 Å². The third-order valence-corrected chi connectivity index (χ3v) is 9.50. The van der Waals surface area contributed by atoms with Crippen molar-refractivity contribution in [2.24, 2.45) is 11.7 Å². The lowest BCUT2D eigenvalue weighted by molar-refractivity contribution is -0.122. The van der Waals surface area contributed by atoms with Crippen LogP contribution in [0.15, 0.2) is 42.6 Å². The molecule has 11 nitrogen and oxygen atoms in total. The Morgan fingerprint density at radius 2 is 1.84 bits per heavy atom. The Kier molecular flexibility index (Phi) is 7.39. The van der Waals surface area contributed by atoms with Crippen LogP contribution in [0.3, 0.4) is 0 Å². The molecule has 11 heteroatoms. The van der Waals surface area contributed by atoms with Gasteiger partial charge in [0.15, 0.2) is 0 Å². The molecule has 3 saturated carbocycles. The number of anilines is 2. The van der Waals surface area contributed by atoms with Crippen LogP contribution in [0, 0.1) is 5.92 Å². The van der Waals surface area contributed by atoms with Crippen molar-refractivity contribution in [2.45, 2.75) is 81.8 Å². The third-order valence-electron chi connectivity index (χ3n) is 9.50. The van der Waals surface area contributed by atoms with E-state index in [1.54, 1.807) is 18.2 Å². The van der Waals surface area contributed by atoms with Crippen LogP contribution in [-0.4, -0.2) is 62.3 Å². The van der Waals surface area contributed by atoms with Gasteiger partial charge in [0.05, 0.1) is 28.6 Å². The molecule has 228 valence electrons. The molecule has 0 spiro atoms. The second kappa shape index (κ2) is 11.5. The van der Waals surface area contributed by atoms with Crippen LogP contribution in [0.2, 0.25) is 0 Å². The zero-order valence-corrected chi connectivity index (χ0v) is 24.6. The number of pyridine rings is 1. The Bertz CT molecular complexity index is 1620. The number of nitrogens with two attached hydrogens (primary N) is 1. The van der Waals surface area contributed by atoms with Gasteiger partial charge in [-0.1, -0.05) is 6.07 Å². The van der Waals surface area contributed by atoms with Crippen molar-refractivity contribution >= 4 is 35.5 Å². The van der Waals surface area contributed by atoms with Gasteiger partial charge in [0, 0.05) is 42.4 Å². The summed E-state index contributed by atoms with van der Waals surface area (Å²) in [6.07, 6.45) is 10.9. The summed E-state index contributed by atoms with van der Waals surface area (Å²) in [5.41, 5.74) is 9.96. The lowest BCUT2D eigenvalue weighted by Crippen LogP contribution is -2.47. The summed E-state index contributed by atoms with van der Waals surface area (Å²) in [5.74, 6) is -0.0381. The summed E-state index contributed by atoms with van der Waals surface area (Å²) in [7, 11) is 0. The minimum absolute atomic E-state index is 0.0126. The predicted molar refractivity (Wildman–Crippen MR) is 164 cm³/mol. The number of primary amides is 1. The molecule has 0 saturated heterocycles. The summed E-state index contributed by atoms with van der Waals surface area (Å²) in [5, 5.41) is 12.0. The van der Waals surface area contributed by atoms with Crippen molar-refractivity contribution in [3.05, 3.63) is 59.4 Å². The first-order valence-corrected chi connectivity index (χ1v) is 15.7. The van der Waals surface area contributed by atoms with Gasteiger partial charge in [-0.3, -0.25) is 24.0 Å². The van der Waals surface area contributed by atoms with Gasteiger partial charge in [0.25, 0.3) is 11.8 Å². The van der Waals surface area contributed by atoms with Gasteiger partial charge >= 0.3 is 0 Å². The lowest BCUT2D eigenvalue weighted by Gasteiger charge is -2.35. The Morgan fingerprint density at radius 3 is 2.55 bits per heavy atom. The fourth-order valence-corrected chi connectivity index (χ4v) is 6.50. The molecule has 1 aromatic carbocycles. The van der Waals surface area contributed by atoms with E-state index in [-0.39, 0.29) is 24.0 Å². The second-order valence-corrected chi connectivity index (χ2v) is 12.6. The standard InChI is InChI=1S/C33H37N7O4/c34-31(42)28(7-3-13-41)40-32(43)24-12-11-22(16-25(24)33(40)44)35-17-19-14-23(15-19)39-18-26(30(38-39)20-9-10-20)27-6-2-8-29(37-27)36-21-4-1-5-21/h2,6,8,11-13,16,18-21,23,28,35H,1,3-5,7,9-10,14-15,17H2,(H2,34,42)(H,36,37). The largest absolute Gasteiger partial charge is 0.385 e. The number of amides is 3. The fourth-order valence-electron chi connectivity index (χ4n) is 6.50. The van der Waals surface area contributed by atoms with Crippen LogP contribution in [0.4, 0.5) is 11.5 Å². The zero-order chi connectivity index (χ0) is 30.4. The molecule has 0 bridgehead atoms. The Hall–Kier alpha value is -4.54. The maximum Gasteiger partial charge on any atom is 0.262 e. The van der Waals surface area contributed by atoms with Gasteiger partial charge in [-0.05, 0) is 87.6 Å². The van der Waals surface area contributed by atoms with Gasteiger partial charge in [-0.2, -0.15) is 5.10 Å². The normalized spacial score (nSPS) is 21.8. The van der Waals surface area contributed by atoms with E-state index in [9.17, 15) is 19.2 Å². The number of aromatic nitrogens is 3. The summed E-state index contributed by atoms with van der Waals surface area (Å²) in [4.78, 5) is 54.7. The van der Waals surface area contributed by atoms with E-state index in [1.165, 1.54) is 32.1 Å². The number of aldehydes is 1. The third kappa shape index (κ3) is 5.35. The van der Waals surface area contributed by atoms with Crippen LogP contribution in [-0.2, 0) is 9.59 Å². The maximum absolute atomic E-state index is 13.1. The molecular weight excluding hydrogens is 558 g/mol. The summed E-state index contributed by atoms with van der Waals surface area (Å²) in [6.45, 7) is 0.727. The molecule has 0 radical (unpaired) electrons. The van der Waals surface area contributed by atoms with Gasteiger partial charge in [-0.15, -0.1) is 0 Å². The molecule has 3 aromatic rings. The number of carbonyl (C=O) groups is 4. The van der Waals surface area contributed by atoms with Gasteiger partial charge in [0.1, 0.15) is 18.1 Å². The van der Waals surface area contributed by atoms with Crippen molar-refractivity contribution in [1.29, 1.82) is 0 Å². The minimum Gasteiger partial charge on any atom is -0.385 e. The molecule has 3 aliphatic carbocycles. The Balaban J connectivity index is 0.980. The number of nitrogens with zero attached hydrogens (tertiary/aromatic N) is 4. The van der Waals surface area contributed by atoms with Crippen molar-refractivity contribution in [3.63, 3.8) is 0 Å². The molecular formula is C33H37N7O4. The molecule has 1 aliphatic heterocycles. The monoisotopic (exact) mass is 595 g/mol.